The number of carbonyl (C=O) groups excluding carboxylic acids is 4. The molecule has 47 heavy (non-hydrogen) atoms. The van der Waals surface area contributed by atoms with E-state index in [1.165, 1.54) is 4.90 Å². The third-order valence-electron chi connectivity index (χ3n) is 10.1. The molecule has 4 fully saturated rings. The molecule has 4 heterocycles. The van der Waals surface area contributed by atoms with Crippen LogP contribution in [0.2, 0.25) is 0 Å². The number of alkyl carbamates (subject to hydrolysis) is 1. The molecule has 0 aromatic carbocycles. The van der Waals surface area contributed by atoms with Crippen molar-refractivity contribution in [2.75, 3.05) is 25.0 Å². The van der Waals surface area contributed by atoms with E-state index in [4.69, 9.17) is 4.74 Å². The molecule has 1 spiro atoms. The van der Waals surface area contributed by atoms with Crippen molar-refractivity contribution in [2.45, 2.75) is 76.1 Å². The highest BCUT2D eigenvalue weighted by Crippen LogP contribution is 2.59. The molecule has 0 unspecified atom stereocenters. The van der Waals surface area contributed by atoms with Crippen molar-refractivity contribution in [3.05, 3.63) is 18.1 Å². The van der Waals surface area contributed by atoms with Crippen LogP contribution in [0.15, 0.2) is 12.3 Å². The molecular weight excluding hydrogens is 635 g/mol. The summed E-state index contributed by atoms with van der Waals surface area (Å²) in [5.41, 5.74) is -2.86. The van der Waals surface area contributed by atoms with Gasteiger partial charge in [0.2, 0.25) is 17.4 Å². The van der Waals surface area contributed by atoms with Crippen molar-refractivity contribution in [3.63, 3.8) is 0 Å². The van der Waals surface area contributed by atoms with Gasteiger partial charge in [0.1, 0.15) is 30.1 Å². The minimum absolute atomic E-state index is 0.0190. The third-order valence-corrected chi connectivity index (χ3v) is 10.1. The van der Waals surface area contributed by atoms with Crippen molar-refractivity contribution in [3.8, 4) is 11.8 Å². The van der Waals surface area contributed by atoms with Gasteiger partial charge in [-0.05, 0) is 41.9 Å². The van der Waals surface area contributed by atoms with Gasteiger partial charge in [0.05, 0.1) is 18.8 Å². The van der Waals surface area contributed by atoms with E-state index >= 15 is 4.39 Å². The van der Waals surface area contributed by atoms with Gasteiger partial charge in [-0.2, -0.15) is 18.4 Å². The van der Waals surface area contributed by atoms with Crippen LogP contribution < -0.4 is 15.4 Å². The van der Waals surface area contributed by atoms with Crippen LogP contribution in [0.3, 0.4) is 0 Å². The Morgan fingerprint density at radius 2 is 1.96 bits per heavy atom. The predicted octanol–water partition coefficient (Wildman–Crippen LogP) is 2.94. The molecule has 4 amide bonds. The Kier molecular flexibility index (Phi) is 7.79. The first-order valence-electron chi connectivity index (χ1n) is 15.2. The number of hydrogen-bond donors (Lipinski definition) is 2. The first kappa shape index (κ1) is 32.7. The second kappa shape index (κ2) is 11.2. The van der Waals surface area contributed by atoms with E-state index in [1.807, 2.05) is 6.07 Å². The van der Waals surface area contributed by atoms with Crippen molar-refractivity contribution < 1.29 is 50.6 Å². The predicted molar refractivity (Wildman–Crippen MR) is 149 cm³/mol. The highest BCUT2D eigenvalue weighted by atomic mass is 19.4. The zero-order valence-electron chi connectivity index (χ0n) is 25.6. The van der Waals surface area contributed by atoms with E-state index in [0.717, 1.165) is 17.2 Å². The topological polar surface area (TPSA) is 154 Å². The normalized spacial score (nSPS) is 33.1. The van der Waals surface area contributed by atoms with Gasteiger partial charge in [-0.25, -0.2) is 18.6 Å². The largest absolute Gasteiger partial charge is 0.471 e. The van der Waals surface area contributed by atoms with Gasteiger partial charge in [-0.15, -0.1) is 0 Å². The van der Waals surface area contributed by atoms with Crippen molar-refractivity contribution in [2.24, 2.45) is 29.1 Å². The van der Waals surface area contributed by atoms with E-state index in [9.17, 15) is 42.0 Å². The Labute approximate surface area is 265 Å². The molecule has 2 N–H and O–H groups in total. The van der Waals surface area contributed by atoms with Gasteiger partial charge in [0, 0.05) is 19.0 Å². The summed E-state index contributed by atoms with van der Waals surface area (Å²) in [7, 11) is 0. The zero-order valence-corrected chi connectivity index (χ0v) is 25.6. The van der Waals surface area contributed by atoms with Gasteiger partial charge in [0.15, 0.2) is 18.2 Å². The lowest BCUT2D eigenvalue weighted by Gasteiger charge is -2.38. The molecule has 5 aliphatic rings. The molecule has 254 valence electrons. The van der Waals surface area contributed by atoms with E-state index in [1.54, 1.807) is 20.8 Å². The van der Waals surface area contributed by atoms with Gasteiger partial charge in [0.25, 0.3) is 5.91 Å². The maximum Gasteiger partial charge on any atom is 0.422 e. The first-order chi connectivity index (χ1) is 21.9. The minimum Gasteiger partial charge on any atom is -0.471 e. The van der Waals surface area contributed by atoms with Crippen LogP contribution in [-0.2, 0) is 19.1 Å². The van der Waals surface area contributed by atoms with Crippen LogP contribution in [0.1, 0.15) is 40.0 Å². The molecule has 2 saturated heterocycles. The Morgan fingerprint density at radius 1 is 1.23 bits per heavy atom. The zero-order chi connectivity index (χ0) is 34.2. The second-order valence-corrected chi connectivity index (χ2v) is 14.1. The summed E-state index contributed by atoms with van der Waals surface area (Å²) in [6.45, 7) is 2.40. The number of fused-ring (bicyclic) bond motifs is 6. The van der Waals surface area contributed by atoms with Gasteiger partial charge in [-0.3, -0.25) is 14.4 Å². The molecule has 1 aromatic rings. The lowest BCUT2D eigenvalue weighted by molar-refractivity contribution is -0.161. The first-order valence-corrected chi connectivity index (χ1v) is 15.2. The molecule has 3 aliphatic heterocycles. The number of alkyl halides is 4. The van der Waals surface area contributed by atoms with Crippen molar-refractivity contribution in [1.29, 1.82) is 5.26 Å². The fourth-order valence-corrected chi connectivity index (χ4v) is 8.07. The minimum atomic E-state index is -4.80. The number of nitrogens with zero attached hydrogens (tertiary/aromatic N) is 4. The number of rotatable bonds is 4. The lowest BCUT2D eigenvalue weighted by atomic mass is 9.77. The number of amides is 4. The summed E-state index contributed by atoms with van der Waals surface area (Å²) in [5.74, 6) is -4.74. The van der Waals surface area contributed by atoms with Crippen LogP contribution in [0.4, 0.5) is 32.6 Å². The van der Waals surface area contributed by atoms with Crippen LogP contribution in [0.5, 0.6) is 5.75 Å². The van der Waals surface area contributed by atoms with E-state index in [0.29, 0.717) is 6.42 Å². The number of aromatic nitrogens is 1. The second-order valence-electron chi connectivity index (χ2n) is 14.1. The van der Waals surface area contributed by atoms with E-state index in [-0.39, 0.29) is 42.8 Å². The Balaban J connectivity index is 1.31. The summed E-state index contributed by atoms with van der Waals surface area (Å²) >= 11 is 0. The highest BCUT2D eigenvalue weighted by Gasteiger charge is 2.65. The number of nitriles is 1. The molecule has 17 heteroatoms. The summed E-state index contributed by atoms with van der Waals surface area (Å²) in [4.78, 5) is 60.6. The van der Waals surface area contributed by atoms with Crippen LogP contribution in [0, 0.1) is 46.2 Å². The standard InChI is InChI=1S/C30H33F5N6O6/c1-28(2,3)22(38-27(45)46-12-30(33,34)35)25(43)40-10-17-13-4-16(18(32)5-13)20(17)21(40)24(42)41-11-29(7-15(41)8-36)26(44)39-23-19(47-29)6-14(31)9-37-23/h6,9,13,15-18,20-22H,4-5,7,10-12H2,1-3H3,(H,38,45)(H,37,39,44)/t13-,15-,16+,17+,18+,20-,21-,22+,29+/m0/s1. The summed E-state index contributed by atoms with van der Waals surface area (Å²) < 4.78 is 77.5. The molecule has 9 atom stereocenters. The van der Waals surface area contributed by atoms with Gasteiger partial charge >= 0.3 is 12.3 Å². The number of pyridine rings is 1. The SMILES string of the molecule is CC(C)(C)[C@H](NC(=O)OCC(F)(F)F)C(=O)N1C[C@@H]2[C@H]3C[C@@H]([C@@H]2[C@H]1C(=O)N1C[C@@]2(C[C@H]1C#N)Oc1cc(F)cnc1NC2=O)[C@H](F)C3. The average Bonchev–Trinajstić information content (AvgIpc) is 3.73. The number of likely N-dealkylation sites (tertiary alicyclic amines) is 2. The molecule has 2 aliphatic carbocycles. The third kappa shape index (κ3) is 5.69. The molecule has 6 rings (SSSR count). The molecule has 2 saturated carbocycles. The van der Waals surface area contributed by atoms with Crippen molar-refractivity contribution >= 4 is 29.6 Å². The lowest BCUT2D eigenvalue weighted by Crippen LogP contribution is -2.60. The summed E-state index contributed by atoms with van der Waals surface area (Å²) in [6.07, 6.45) is -6.18. The van der Waals surface area contributed by atoms with Gasteiger partial charge < -0.3 is 29.9 Å². The molecule has 12 nitrogen and oxygen atoms in total. The van der Waals surface area contributed by atoms with Crippen LogP contribution >= 0.6 is 0 Å². The fourth-order valence-electron chi connectivity index (χ4n) is 8.07. The van der Waals surface area contributed by atoms with Gasteiger partial charge in [-0.1, -0.05) is 20.8 Å². The maximum absolute atomic E-state index is 15.2. The number of hydrogen-bond acceptors (Lipinski definition) is 8. The number of halogens is 5. The average molecular weight is 669 g/mol. The molecule has 2 bridgehead atoms. The quantitative estimate of drug-likeness (QED) is 0.465. The number of carbonyl (C=O) groups is 4. The smallest absolute Gasteiger partial charge is 0.422 e. The Morgan fingerprint density at radius 3 is 2.62 bits per heavy atom. The molecule has 1 aromatic heterocycles. The monoisotopic (exact) mass is 668 g/mol. The fraction of sp³-hybridized carbons (Fsp3) is 0.667. The molecular formula is C30H33F5N6O6. The summed E-state index contributed by atoms with van der Waals surface area (Å²) in [5, 5.41) is 14.8. The summed E-state index contributed by atoms with van der Waals surface area (Å²) in [6, 6.07) is -0.958. The highest BCUT2D eigenvalue weighted by molar-refractivity contribution is 6.01. The van der Waals surface area contributed by atoms with E-state index in [2.05, 4.69) is 20.4 Å². The Hall–Kier alpha value is -4.23. The Bertz CT molecular complexity index is 1550. The number of anilines is 1. The van der Waals surface area contributed by atoms with Crippen LogP contribution in [-0.4, -0.2) is 94.4 Å². The van der Waals surface area contributed by atoms with E-state index < -0.39 is 96.1 Å². The number of ether oxygens (including phenoxy) is 2. The molecule has 0 radical (unpaired) electrons. The number of nitrogens with one attached hydrogen (secondary N) is 2. The maximum atomic E-state index is 15.2. The van der Waals surface area contributed by atoms with Crippen LogP contribution in [0.25, 0.3) is 0 Å². The van der Waals surface area contributed by atoms with Crippen molar-refractivity contribution in [1.82, 2.24) is 20.1 Å².